The lowest BCUT2D eigenvalue weighted by molar-refractivity contribution is 0.460. The monoisotopic (exact) mass is 276 g/mol. The summed E-state index contributed by atoms with van der Waals surface area (Å²) >= 11 is 0. The highest BCUT2D eigenvalue weighted by Crippen LogP contribution is 2.24. The van der Waals surface area contributed by atoms with Crippen molar-refractivity contribution in [2.24, 2.45) is 0 Å². The number of nitrogen functional groups attached to an aromatic ring is 1. The Morgan fingerprint density at radius 3 is 2.80 bits per heavy atom. The van der Waals surface area contributed by atoms with E-state index in [1.54, 1.807) is 25.1 Å². The number of hydrogen-bond acceptors (Lipinski definition) is 5. The third-order valence-corrected chi connectivity index (χ3v) is 2.63. The normalized spacial score (nSPS) is 10.3. The zero-order valence-electron chi connectivity index (χ0n) is 11.5. The van der Waals surface area contributed by atoms with Gasteiger partial charge in [-0.3, -0.25) is 0 Å². The molecular formula is C14H17FN4O. The van der Waals surface area contributed by atoms with Crippen molar-refractivity contribution >= 4 is 11.8 Å². The first kappa shape index (κ1) is 14.0. The molecule has 1 heterocycles. The minimum atomic E-state index is -0.273. The summed E-state index contributed by atoms with van der Waals surface area (Å²) in [7, 11) is 0. The van der Waals surface area contributed by atoms with E-state index in [-0.39, 0.29) is 11.8 Å². The van der Waals surface area contributed by atoms with Gasteiger partial charge in [0.2, 0.25) is 11.8 Å². The summed E-state index contributed by atoms with van der Waals surface area (Å²) < 4.78 is 18.8. The van der Waals surface area contributed by atoms with Crippen molar-refractivity contribution in [2.75, 3.05) is 17.6 Å². The van der Waals surface area contributed by atoms with Crippen molar-refractivity contribution in [3.8, 4) is 11.6 Å². The highest BCUT2D eigenvalue weighted by atomic mass is 19.1. The molecule has 0 aliphatic carbocycles. The molecule has 0 saturated heterocycles. The van der Waals surface area contributed by atoms with Gasteiger partial charge in [0.05, 0.1) is 0 Å². The van der Waals surface area contributed by atoms with Crippen LogP contribution in [0.25, 0.3) is 0 Å². The Kier molecular flexibility index (Phi) is 4.34. The maximum absolute atomic E-state index is 13.2. The Morgan fingerprint density at radius 1 is 1.30 bits per heavy atom. The molecule has 6 heteroatoms. The zero-order chi connectivity index (χ0) is 14.5. The number of rotatable bonds is 5. The summed E-state index contributed by atoms with van der Waals surface area (Å²) in [5.74, 6) is 1.28. The van der Waals surface area contributed by atoms with E-state index in [4.69, 9.17) is 10.5 Å². The van der Waals surface area contributed by atoms with Crippen LogP contribution in [0.3, 0.4) is 0 Å². The van der Waals surface area contributed by atoms with Gasteiger partial charge in [0.15, 0.2) is 0 Å². The number of benzene rings is 1. The molecule has 0 aliphatic rings. The number of aromatic nitrogens is 2. The van der Waals surface area contributed by atoms with E-state index in [1.807, 2.05) is 0 Å². The van der Waals surface area contributed by atoms with E-state index in [0.717, 1.165) is 13.0 Å². The first-order chi connectivity index (χ1) is 9.58. The number of anilines is 2. The van der Waals surface area contributed by atoms with E-state index in [9.17, 15) is 4.39 Å². The molecule has 1 aromatic heterocycles. The molecular weight excluding hydrogens is 259 g/mol. The molecule has 2 rings (SSSR count). The van der Waals surface area contributed by atoms with Crippen molar-refractivity contribution in [1.29, 1.82) is 0 Å². The molecule has 0 fully saturated rings. The molecule has 0 spiro atoms. The van der Waals surface area contributed by atoms with Gasteiger partial charge in [-0.1, -0.05) is 6.92 Å². The fourth-order valence-electron chi connectivity index (χ4n) is 1.64. The van der Waals surface area contributed by atoms with Crippen molar-refractivity contribution in [2.45, 2.75) is 20.3 Å². The Morgan fingerprint density at radius 2 is 2.10 bits per heavy atom. The van der Waals surface area contributed by atoms with Crippen LogP contribution in [0.5, 0.6) is 11.6 Å². The van der Waals surface area contributed by atoms with Crippen molar-refractivity contribution in [1.82, 2.24) is 9.97 Å². The number of hydrogen-bond donors (Lipinski definition) is 2. The lowest BCUT2D eigenvalue weighted by atomic mass is 10.2. The molecule has 0 saturated carbocycles. The fraction of sp³-hybridized carbons (Fsp3) is 0.286. The SMILES string of the molecule is CCCNc1cc(Oc2ccc(F)c(C)c2)nc(N)n1. The molecule has 20 heavy (non-hydrogen) atoms. The Hall–Kier alpha value is -2.37. The third kappa shape index (κ3) is 3.57. The van der Waals surface area contributed by atoms with Gasteiger partial charge in [0.25, 0.3) is 0 Å². The summed E-state index contributed by atoms with van der Waals surface area (Å²) in [5.41, 5.74) is 6.14. The van der Waals surface area contributed by atoms with Gasteiger partial charge >= 0.3 is 0 Å². The van der Waals surface area contributed by atoms with Gasteiger partial charge in [0, 0.05) is 12.6 Å². The second-order valence-electron chi connectivity index (χ2n) is 4.39. The maximum atomic E-state index is 13.2. The van der Waals surface area contributed by atoms with Crippen LogP contribution in [-0.4, -0.2) is 16.5 Å². The predicted octanol–water partition coefficient (Wildman–Crippen LogP) is 3.12. The molecule has 0 bridgehead atoms. The van der Waals surface area contributed by atoms with Gasteiger partial charge in [-0.05, 0) is 37.1 Å². The molecule has 5 nitrogen and oxygen atoms in total. The second-order valence-corrected chi connectivity index (χ2v) is 4.39. The van der Waals surface area contributed by atoms with Gasteiger partial charge in [-0.25, -0.2) is 4.39 Å². The summed E-state index contributed by atoms with van der Waals surface area (Å²) in [6, 6.07) is 6.16. The van der Waals surface area contributed by atoms with Crippen LogP contribution in [0.1, 0.15) is 18.9 Å². The summed E-state index contributed by atoms with van der Waals surface area (Å²) in [5, 5.41) is 3.11. The number of halogens is 1. The first-order valence-corrected chi connectivity index (χ1v) is 6.41. The Labute approximate surface area is 117 Å². The molecule has 3 N–H and O–H groups in total. The predicted molar refractivity (Wildman–Crippen MR) is 76.4 cm³/mol. The van der Waals surface area contributed by atoms with Crippen LogP contribution in [-0.2, 0) is 0 Å². The van der Waals surface area contributed by atoms with Gasteiger partial charge in [0.1, 0.15) is 17.4 Å². The zero-order valence-corrected chi connectivity index (χ0v) is 11.5. The van der Waals surface area contributed by atoms with Crippen LogP contribution in [0, 0.1) is 12.7 Å². The number of nitrogens with two attached hydrogens (primary N) is 1. The maximum Gasteiger partial charge on any atom is 0.226 e. The standard InChI is InChI=1S/C14H17FN4O/c1-3-6-17-12-8-13(19-14(16)18-12)20-10-4-5-11(15)9(2)7-10/h4-5,7-8H,3,6H2,1-2H3,(H3,16,17,18,19). The highest BCUT2D eigenvalue weighted by molar-refractivity contribution is 5.44. The molecule has 1 aromatic carbocycles. The van der Waals surface area contributed by atoms with Crippen molar-refractivity contribution < 1.29 is 9.13 Å². The highest BCUT2D eigenvalue weighted by Gasteiger charge is 2.06. The van der Waals surface area contributed by atoms with E-state index >= 15 is 0 Å². The van der Waals surface area contributed by atoms with Crippen LogP contribution >= 0.6 is 0 Å². The molecule has 0 unspecified atom stereocenters. The van der Waals surface area contributed by atoms with Gasteiger partial charge < -0.3 is 15.8 Å². The number of aryl methyl sites for hydroxylation is 1. The third-order valence-electron chi connectivity index (χ3n) is 2.63. The summed E-state index contributed by atoms with van der Waals surface area (Å²) in [6.45, 7) is 4.51. The quantitative estimate of drug-likeness (QED) is 0.877. The number of nitrogens with one attached hydrogen (secondary N) is 1. The molecule has 106 valence electrons. The van der Waals surface area contributed by atoms with E-state index < -0.39 is 0 Å². The second kappa shape index (κ2) is 6.18. The summed E-state index contributed by atoms with van der Waals surface area (Å²) in [6.07, 6.45) is 0.969. The van der Waals surface area contributed by atoms with Crippen molar-refractivity contribution in [3.05, 3.63) is 35.6 Å². The van der Waals surface area contributed by atoms with E-state index in [2.05, 4.69) is 22.2 Å². The molecule has 2 aromatic rings. The van der Waals surface area contributed by atoms with E-state index in [1.165, 1.54) is 6.07 Å². The molecule has 0 amide bonds. The molecule has 0 radical (unpaired) electrons. The topological polar surface area (TPSA) is 73.1 Å². The molecule has 0 atom stereocenters. The Balaban J connectivity index is 2.19. The Bertz CT molecular complexity index is 604. The molecule has 0 aliphatic heterocycles. The lowest BCUT2D eigenvalue weighted by Gasteiger charge is -2.09. The minimum absolute atomic E-state index is 0.125. The van der Waals surface area contributed by atoms with Gasteiger partial charge in [-0.2, -0.15) is 9.97 Å². The van der Waals surface area contributed by atoms with Crippen LogP contribution in [0.2, 0.25) is 0 Å². The van der Waals surface area contributed by atoms with Crippen LogP contribution in [0.4, 0.5) is 16.2 Å². The number of nitrogens with zero attached hydrogens (tertiary/aromatic N) is 2. The fourth-order valence-corrected chi connectivity index (χ4v) is 1.64. The first-order valence-electron chi connectivity index (χ1n) is 6.41. The van der Waals surface area contributed by atoms with E-state index in [0.29, 0.717) is 23.0 Å². The largest absolute Gasteiger partial charge is 0.439 e. The van der Waals surface area contributed by atoms with Crippen LogP contribution < -0.4 is 15.8 Å². The average Bonchev–Trinajstić information content (AvgIpc) is 2.40. The number of ether oxygens (including phenoxy) is 1. The average molecular weight is 276 g/mol. The minimum Gasteiger partial charge on any atom is -0.439 e. The van der Waals surface area contributed by atoms with Crippen LogP contribution in [0.15, 0.2) is 24.3 Å². The smallest absolute Gasteiger partial charge is 0.226 e. The summed E-state index contributed by atoms with van der Waals surface area (Å²) in [4.78, 5) is 8.06. The van der Waals surface area contributed by atoms with Crippen molar-refractivity contribution in [3.63, 3.8) is 0 Å². The van der Waals surface area contributed by atoms with Gasteiger partial charge in [-0.15, -0.1) is 0 Å². The lowest BCUT2D eigenvalue weighted by Crippen LogP contribution is -2.05.